The third-order valence-electron chi connectivity index (χ3n) is 3.78. The van der Waals surface area contributed by atoms with E-state index in [0.717, 1.165) is 6.07 Å². The highest BCUT2D eigenvalue weighted by molar-refractivity contribution is 6.01. The number of benzene rings is 2. The average Bonchev–Trinajstić information content (AvgIpc) is 3.08. The number of aromatic hydroxyl groups is 1. The summed E-state index contributed by atoms with van der Waals surface area (Å²) >= 11 is 0. The van der Waals surface area contributed by atoms with Crippen molar-refractivity contribution >= 4 is 27.9 Å². The monoisotopic (exact) mass is 329 g/mol. The van der Waals surface area contributed by atoms with E-state index in [1.54, 1.807) is 0 Å². The zero-order valence-electron chi connectivity index (χ0n) is 11.9. The van der Waals surface area contributed by atoms with Gasteiger partial charge in [-0.25, -0.2) is 18.6 Å². The molecule has 3 N–H and O–H groups in total. The molecule has 2 heterocycles. The van der Waals surface area contributed by atoms with Gasteiger partial charge in [-0.3, -0.25) is 4.57 Å². The number of hydrogen-bond acceptors (Lipinski definition) is 3. The van der Waals surface area contributed by atoms with Crippen molar-refractivity contribution < 1.29 is 23.8 Å². The molecule has 2 aromatic carbocycles. The molecule has 2 aromatic heterocycles. The molecule has 0 saturated carbocycles. The number of hydrogen-bond donors (Lipinski definition) is 3. The van der Waals surface area contributed by atoms with Crippen molar-refractivity contribution in [2.75, 3.05) is 0 Å². The fourth-order valence-electron chi connectivity index (χ4n) is 2.72. The first-order valence-electron chi connectivity index (χ1n) is 6.87. The maximum Gasteiger partial charge on any atom is 0.340 e. The zero-order valence-corrected chi connectivity index (χ0v) is 11.9. The van der Waals surface area contributed by atoms with Gasteiger partial charge in [-0.15, -0.1) is 0 Å². The SMILES string of the molecule is O=C(O)c1c(F)ccc2[nH]c(-n3cc(O)c4cc(F)ccc43)nc12. The molecule has 0 spiro atoms. The van der Waals surface area contributed by atoms with Crippen LogP contribution >= 0.6 is 0 Å². The number of carbonyl (C=O) groups is 1. The molecule has 0 bridgehead atoms. The highest BCUT2D eigenvalue weighted by atomic mass is 19.1. The van der Waals surface area contributed by atoms with Gasteiger partial charge in [0.1, 0.15) is 28.5 Å². The molecule has 6 nitrogen and oxygen atoms in total. The number of aromatic amines is 1. The van der Waals surface area contributed by atoms with Crippen molar-refractivity contribution in [1.29, 1.82) is 0 Å². The Morgan fingerprint density at radius 2 is 2.00 bits per heavy atom. The number of carboxylic acids is 1. The summed E-state index contributed by atoms with van der Waals surface area (Å²) in [5.41, 5.74) is 0.209. The summed E-state index contributed by atoms with van der Waals surface area (Å²) in [7, 11) is 0. The van der Waals surface area contributed by atoms with Crippen LogP contribution in [-0.4, -0.2) is 30.7 Å². The Kier molecular flexibility index (Phi) is 2.83. The van der Waals surface area contributed by atoms with Gasteiger partial charge >= 0.3 is 5.97 Å². The summed E-state index contributed by atoms with van der Waals surface area (Å²) in [6.07, 6.45) is 1.32. The molecule has 0 amide bonds. The second-order valence-electron chi connectivity index (χ2n) is 5.23. The van der Waals surface area contributed by atoms with Crippen LogP contribution in [-0.2, 0) is 0 Å². The van der Waals surface area contributed by atoms with Crippen molar-refractivity contribution in [3.8, 4) is 11.7 Å². The Morgan fingerprint density at radius 1 is 1.21 bits per heavy atom. The highest BCUT2D eigenvalue weighted by Gasteiger charge is 2.20. The van der Waals surface area contributed by atoms with E-state index in [4.69, 9.17) is 5.11 Å². The Bertz CT molecular complexity index is 1130. The quantitative estimate of drug-likeness (QED) is 0.527. The minimum absolute atomic E-state index is 0.0408. The number of fused-ring (bicyclic) bond motifs is 2. The fourth-order valence-corrected chi connectivity index (χ4v) is 2.72. The Balaban J connectivity index is 2.01. The molecule has 0 radical (unpaired) electrons. The first-order chi connectivity index (χ1) is 11.5. The number of halogens is 2. The summed E-state index contributed by atoms with van der Waals surface area (Å²) in [6, 6.07) is 6.26. The van der Waals surface area contributed by atoms with Crippen LogP contribution in [0.4, 0.5) is 8.78 Å². The third kappa shape index (κ3) is 1.93. The lowest BCUT2D eigenvalue weighted by Crippen LogP contribution is -2.01. The van der Waals surface area contributed by atoms with Gasteiger partial charge < -0.3 is 15.2 Å². The number of imidazole rings is 1. The Morgan fingerprint density at radius 3 is 2.75 bits per heavy atom. The van der Waals surface area contributed by atoms with Crippen LogP contribution in [0.1, 0.15) is 10.4 Å². The van der Waals surface area contributed by atoms with Gasteiger partial charge in [-0.05, 0) is 30.3 Å². The molecule has 24 heavy (non-hydrogen) atoms. The zero-order chi connectivity index (χ0) is 17.0. The molecule has 0 unspecified atom stereocenters. The second kappa shape index (κ2) is 4.79. The molecule has 0 atom stereocenters. The van der Waals surface area contributed by atoms with Crippen LogP contribution in [0.2, 0.25) is 0 Å². The largest absolute Gasteiger partial charge is 0.506 e. The minimum Gasteiger partial charge on any atom is -0.506 e. The van der Waals surface area contributed by atoms with Crippen molar-refractivity contribution in [3.63, 3.8) is 0 Å². The Hall–Kier alpha value is -3.42. The summed E-state index contributed by atoms with van der Waals surface area (Å²) in [5, 5.41) is 19.4. The lowest BCUT2D eigenvalue weighted by Gasteiger charge is -1.99. The molecule has 0 aliphatic heterocycles. The number of carboxylic acid groups (broad SMARTS) is 1. The lowest BCUT2D eigenvalue weighted by atomic mass is 10.2. The summed E-state index contributed by atoms with van der Waals surface area (Å²) in [6.45, 7) is 0. The van der Waals surface area contributed by atoms with Gasteiger partial charge in [-0.1, -0.05) is 0 Å². The van der Waals surface area contributed by atoms with Gasteiger partial charge in [0, 0.05) is 5.39 Å². The predicted molar refractivity (Wildman–Crippen MR) is 81.5 cm³/mol. The van der Waals surface area contributed by atoms with Crippen molar-refractivity contribution in [1.82, 2.24) is 14.5 Å². The second-order valence-corrected chi connectivity index (χ2v) is 5.23. The minimum atomic E-state index is -1.43. The third-order valence-corrected chi connectivity index (χ3v) is 3.78. The number of nitrogens with one attached hydrogen (secondary N) is 1. The maximum atomic E-state index is 13.8. The standard InChI is InChI=1S/C16H9F2N3O3/c17-7-1-4-11-8(5-7)12(22)6-21(11)16-19-10-3-2-9(18)13(15(23)24)14(10)20-16/h1-6,22H,(H,19,20)(H,23,24). The van der Waals surface area contributed by atoms with E-state index in [-0.39, 0.29) is 22.6 Å². The molecule has 8 heteroatoms. The first kappa shape index (κ1) is 14.2. The number of H-pyrrole nitrogens is 1. The smallest absolute Gasteiger partial charge is 0.340 e. The van der Waals surface area contributed by atoms with Crippen LogP contribution in [0.3, 0.4) is 0 Å². The maximum absolute atomic E-state index is 13.8. The topological polar surface area (TPSA) is 91.1 Å². The van der Waals surface area contributed by atoms with E-state index in [1.807, 2.05) is 0 Å². The summed E-state index contributed by atoms with van der Waals surface area (Å²) in [5.74, 6) is -2.81. The van der Waals surface area contributed by atoms with Crippen LogP contribution in [0.25, 0.3) is 27.9 Å². The van der Waals surface area contributed by atoms with Crippen LogP contribution in [0.5, 0.6) is 5.75 Å². The first-order valence-corrected chi connectivity index (χ1v) is 6.87. The van der Waals surface area contributed by atoms with Crippen LogP contribution in [0.15, 0.2) is 36.5 Å². The van der Waals surface area contributed by atoms with E-state index in [0.29, 0.717) is 11.0 Å². The van der Waals surface area contributed by atoms with Gasteiger partial charge in [0.05, 0.1) is 17.2 Å². The van der Waals surface area contributed by atoms with E-state index in [9.17, 15) is 18.7 Å². The van der Waals surface area contributed by atoms with Gasteiger partial charge in [0.15, 0.2) is 0 Å². The molecule has 0 aliphatic rings. The number of aromatic nitrogens is 3. The number of nitrogens with zero attached hydrogens (tertiary/aromatic N) is 2. The van der Waals surface area contributed by atoms with Crippen molar-refractivity contribution in [3.05, 3.63) is 53.7 Å². The molecule has 0 fully saturated rings. The Labute approximate surface area is 132 Å². The summed E-state index contributed by atoms with van der Waals surface area (Å²) in [4.78, 5) is 18.3. The average molecular weight is 329 g/mol. The van der Waals surface area contributed by atoms with Gasteiger partial charge in [-0.2, -0.15) is 0 Å². The molecule has 4 rings (SSSR count). The molecule has 0 aliphatic carbocycles. The van der Waals surface area contributed by atoms with E-state index in [2.05, 4.69) is 9.97 Å². The van der Waals surface area contributed by atoms with Crippen LogP contribution < -0.4 is 0 Å². The molecule has 120 valence electrons. The molecular formula is C16H9F2N3O3. The predicted octanol–water partition coefficient (Wildman–Crippen LogP) is 3.19. The molecule has 4 aromatic rings. The van der Waals surface area contributed by atoms with E-state index in [1.165, 1.54) is 35.0 Å². The van der Waals surface area contributed by atoms with E-state index < -0.39 is 23.2 Å². The van der Waals surface area contributed by atoms with Crippen molar-refractivity contribution in [2.24, 2.45) is 0 Å². The number of aromatic carboxylic acids is 1. The van der Waals surface area contributed by atoms with Crippen molar-refractivity contribution in [2.45, 2.75) is 0 Å². The normalized spacial score (nSPS) is 11.4. The fraction of sp³-hybridized carbons (Fsp3) is 0. The number of rotatable bonds is 2. The van der Waals surface area contributed by atoms with Crippen LogP contribution in [0, 0.1) is 11.6 Å². The van der Waals surface area contributed by atoms with Gasteiger partial charge in [0.25, 0.3) is 0 Å². The molecular weight excluding hydrogens is 320 g/mol. The lowest BCUT2D eigenvalue weighted by molar-refractivity contribution is 0.0694. The van der Waals surface area contributed by atoms with Gasteiger partial charge in [0.2, 0.25) is 5.95 Å². The van der Waals surface area contributed by atoms with E-state index >= 15 is 0 Å². The highest BCUT2D eigenvalue weighted by Crippen LogP contribution is 2.30. The molecule has 0 saturated heterocycles. The summed E-state index contributed by atoms with van der Waals surface area (Å²) < 4.78 is 28.5.